The van der Waals surface area contributed by atoms with Crippen LogP contribution >= 0.6 is 22.9 Å². The molecule has 0 spiro atoms. The summed E-state index contributed by atoms with van der Waals surface area (Å²) in [6.45, 7) is 0. The van der Waals surface area contributed by atoms with Gasteiger partial charge in [-0.05, 0) is 17.7 Å². The number of aliphatic hydroxyl groups is 1. The Bertz CT molecular complexity index is 666. The van der Waals surface area contributed by atoms with Crippen LogP contribution in [0.15, 0.2) is 34.5 Å². The van der Waals surface area contributed by atoms with Crippen molar-refractivity contribution in [1.29, 1.82) is 0 Å². The highest BCUT2D eigenvalue weighted by Crippen LogP contribution is 2.26. The van der Waals surface area contributed by atoms with Gasteiger partial charge in [0.15, 0.2) is 14.3 Å². The van der Waals surface area contributed by atoms with Gasteiger partial charge in [-0.3, -0.25) is 0 Å². The van der Waals surface area contributed by atoms with E-state index in [1.165, 1.54) is 23.5 Å². The average molecular weight is 304 g/mol. The second kappa shape index (κ2) is 4.97. The Morgan fingerprint density at radius 1 is 1.44 bits per heavy atom. The lowest BCUT2D eigenvalue weighted by Crippen LogP contribution is -2.03. The number of sulfone groups is 1. The second-order valence-electron chi connectivity index (χ2n) is 3.77. The minimum absolute atomic E-state index is 0.167. The van der Waals surface area contributed by atoms with E-state index in [2.05, 4.69) is 4.98 Å². The number of benzene rings is 1. The van der Waals surface area contributed by atoms with Crippen LogP contribution in [-0.4, -0.2) is 24.8 Å². The van der Waals surface area contributed by atoms with Gasteiger partial charge in [0.05, 0.1) is 10.6 Å². The Balaban J connectivity index is 2.40. The Morgan fingerprint density at radius 3 is 2.72 bits per heavy atom. The maximum atomic E-state index is 11.4. The molecular weight excluding hydrogens is 294 g/mol. The van der Waals surface area contributed by atoms with E-state index in [0.29, 0.717) is 15.7 Å². The van der Waals surface area contributed by atoms with Crippen LogP contribution in [0.4, 0.5) is 0 Å². The summed E-state index contributed by atoms with van der Waals surface area (Å²) in [7, 11) is -3.29. The minimum Gasteiger partial charge on any atom is -0.382 e. The van der Waals surface area contributed by atoms with Crippen LogP contribution in [0.5, 0.6) is 0 Å². The molecular formula is C11H10ClNO3S2. The third-order valence-corrected chi connectivity index (χ3v) is 4.48. The van der Waals surface area contributed by atoms with Crippen LogP contribution < -0.4 is 0 Å². The molecule has 0 amide bonds. The van der Waals surface area contributed by atoms with E-state index in [1.807, 2.05) is 0 Å². The Kier molecular flexibility index (Phi) is 3.72. The van der Waals surface area contributed by atoms with Gasteiger partial charge >= 0.3 is 0 Å². The fourth-order valence-electron chi connectivity index (χ4n) is 1.47. The number of thiazole rings is 1. The molecule has 1 aromatic carbocycles. The van der Waals surface area contributed by atoms with Crippen LogP contribution in [0.1, 0.15) is 17.4 Å². The normalized spacial score (nSPS) is 13.5. The van der Waals surface area contributed by atoms with Crippen molar-refractivity contribution in [3.05, 3.63) is 45.4 Å². The highest BCUT2D eigenvalue weighted by Gasteiger charge is 2.16. The van der Waals surface area contributed by atoms with Gasteiger partial charge in [-0.15, -0.1) is 11.3 Å². The SMILES string of the molecule is CS(=O)(=O)c1cccc(C(O)c2csc(Cl)n2)c1. The summed E-state index contributed by atoms with van der Waals surface area (Å²) in [5.41, 5.74) is 0.885. The number of aliphatic hydroxyl groups excluding tert-OH is 1. The third-order valence-electron chi connectivity index (χ3n) is 2.38. The lowest BCUT2D eigenvalue weighted by molar-refractivity contribution is 0.216. The van der Waals surface area contributed by atoms with E-state index in [9.17, 15) is 13.5 Å². The molecule has 0 fully saturated rings. The first-order chi connectivity index (χ1) is 8.38. The van der Waals surface area contributed by atoms with Crippen molar-refractivity contribution in [3.63, 3.8) is 0 Å². The zero-order valence-corrected chi connectivity index (χ0v) is 11.8. The third kappa shape index (κ3) is 2.89. The van der Waals surface area contributed by atoms with E-state index in [1.54, 1.807) is 17.5 Å². The predicted molar refractivity (Wildman–Crippen MR) is 70.7 cm³/mol. The minimum atomic E-state index is -3.29. The molecule has 1 heterocycles. The molecule has 1 unspecified atom stereocenters. The molecule has 0 radical (unpaired) electrons. The fourth-order valence-corrected chi connectivity index (χ4v) is 2.94. The zero-order chi connectivity index (χ0) is 13.3. The summed E-state index contributed by atoms with van der Waals surface area (Å²) < 4.78 is 23.2. The molecule has 4 nitrogen and oxygen atoms in total. The number of hydrogen-bond donors (Lipinski definition) is 1. The first kappa shape index (κ1) is 13.5. The number of halogens is 1. The van der Waals surface area contributed by atoms with E-state index in [-0.39, 0.29) is 4.90 Å². The monoisotopic (exact) mass is 303 g/mol. The molecule has 18 heavy (non-hydrogen) atoms. The van der Waals surface area contributed by atoms with Crippen LogP contribution in [0.3, 0.4) is 0 Å². The molecule has 0 saturated carbocycles. The molecule has 0 aliphatic carbocycles. The number of hydrogen-bond acceptors (Lipinski definition) is 5. The first-order valence-corrected chi connectivity index (χ1v) is 8.12. The lowest BCUT2D eigenvalue weighted by Gasteiger charge is -2.09. The molecule has 0 bridgehead atoms. The quantitative estimate of drug-likeness (QED) is 0.944. The molecule has 0 aliphatic rings. The topological polar surface area (TPSA) is 67.3 Å². The van der Waals surface area contributed by atoms with Crippen molar-refractivity contribution < 1.29 is 13.5 Å². The van der Waals surface area contributed by atoms with Gasteiger partial charge in [0, 0.05) is 11.6 Å². The maximum absolute atomic E-state index is 11.4. The van der Waals surface area contributed by atoms with Gasteiger partial charge in [-0.25, -0.2) is 13.4 Å². The summed E-state index contributed by atoms with van der Waals surface area (Å²) in [6.07, 6.45) is 0.147. The summed E-state index contributed by atoms with van der Waals surface area (Å²) >= 11 is 6.91. The van der Waals surface area contributed by atoms with Crippen molar-refractivity contribution in [1.82, 2.24) is 4.98 Å². The van der Waals surface area contributed by atoms with Crippen LogP contribution in [0, 0.1) is 0 Å². The Morgan fingerprint density at radius 2 is 2.17 bits per heavy atom. The highest BCUT2D eigenvalue weighted by atomic mass is 35.5. The van der Waals surface area contributed by atoms with Crippen molar-refractivity contribution in [2.24, 2.45) is 0 Å². The zero-order valence-electron chi connectivity index (χ0n) is 9.37. The lowest BCUT2D eigenvalue weighted by atomic mass is 10.1. The maximum Gasteiger partial charge on any atom is 0.183 e. The molecule has 96 valence electrons. The molecule has 0 saturated heterocycles. The number of rotatable bonds is 3. The molecule has 2 aromatic rings. The largest absolute Gasteiger partial charge is 0.382 e. The Hall–Kier alpha value is -0.950. The van der Waals surface area contributed by atoms with E-state index in [0.717, 1.165) is 6.26 Å². The van der Waals surface area contributed by atoms with Gasteiger partial charge in [-0.1, -0.05) is 23.7 Å². The van der Waals surface area contributed by atoms with Crippen molar-refractivity contribution in [3.8, 4) is 0 Å². The van der Waals surface area contributed by atoms with Gasteiger partial charge in [0.25, 0.3) is 0 Å². The predicted octanol–water partition coefficient (Wildman–Crippen LogP) is 2.28. The second-order valence-corrected chi connectivity index (χ2v) is 7.23. The highest BCUT2D eigenvalue weighted by molar-refractivity contribution is 7.90. The number of nitrogens with zero attached hydrogens (tertiary/aromatic N) is 1. The van der Waals surface area contributed by atoms with Crippen LogP contribution in [0.2, 0.25) is 4.47 Å². The van der Waals surface area contributed by atoms with Crippen molar-refractivity contribution in [2.45, 2.75) is 11.0 Å². The molecule has 2 rings (SSSR count). The van der Waals surface area contributed by atoms with Crippen molar-refractivity contribution >= 4 is 32.8 Å². The standard InChI is InChI=1S/C11H10ClNO3S2/c1-18(15,16)8-4-2-3-7(5-8)10(14)9-6-17-11(12)13-9/h2-6,10,14H,1H3. The summed E-state index contributed by atoms with van der Waals surface area (Å²) in [5.74, 6) is 0. The number of aromatic nitrogens is 1. The van der Waals surface area contributed by atoms with Gasteiger partial charge < -0.3 is 5.11 Å². The van der Waals surface area contributed by atoms with Crippen molar-refractivity contribution in [2.75, 3.05) is 6.26 Å². The van der Waals surface area contributed by atoms with Gasteiger partial charge in [-0.2, -0.15) is 0 Å². The Labute approximate surface area is 114 Å². The molecule has 7 heteroatoms. The van der Waals surface area contributed by atoms with Crippen LogP contribution in [-0.2, 0) is 9.84 Å². The molecule has 0 aliphatic heterocycles. The average Bonchev–Trinajstić information content (AvgIpc) is 2.74. The summed E-state index contributed by atoms with van der Waals surface area (Å²) in [5, 5.41) is 11.7. The fraction of sp³-hybridized carbons (Fsp3) is 0.182. The molecule has 1 atom stereocenters. The van der Waals surface area contributed by atoms with E-state index >= 15 is 0 Å². The van der Waals surface area contributed by atoms with Crippen LogP contribution in [0.25, 0.3) is 0 Å². The van der Waals surface area contributed by atoms with Gasteiger partial charge in [0.2, 0.25) is 0 Å². The van der Waals surface area contributed by atoms with Gasteiger partial charge in [0.1, 0.15) is 6.10 Å². The summed E-state index contributed by atoms with van der Waals surface area (Å²) in [4.78, 5) is 4.13. The van der Waals surface area contributed by atoms with E-state index < -0.39 is 15.9 Å². The first-order valence-electron chi connectivity index (χ1n) is 4.97. The molecule has 1 N–H and O–H groups in total. The summed E-state index contributed by atoms with van der Waals surface area (Å²) in [6, 6.07) is 6.16. The molecule has 1 aromatic heterocycles. The smallest absolute Gasteiger partial charge is 0.183 e. The van der Waals surface area contributed by atoms with E-state index in [4.69, 9.17) is 11.6 Å².